The van der Waals surface area contributed by atoms with Crippen molar-refractivity contribution in [1.82, 2.24) is 10.2 Å². The standard InChI is InChI=1S/C28H31ClN2O3/c1-33-25-13-9-22(10-14-25)27(21-7-11-24(29)12-8-21)30-28(32)23-15-17-31(18-16-23)19-20-34-26-5-3-2-4-6-26/h2-14,23,27H,15-20H2,1H3,(H,30,32)/t27-/m1/s1. The van der Waals surface area contributed by atoms with Crippen molar-refractivity contribution in [2.45, 2.75) is 18.9 Å². The number of hydrogen-bond acceptors (Lipinski definition) is 4. The number of carbonyl (C=O) groups is 1. The van der Waals surface area contributed by atoms with Gasteiger partial charge in [0.2, 0.25) is 5.91 Å². The molecule has 4 rings (SSSR count). The predicted molar refractivity (Wildman–Crippen MR) is 136 cm³/mol. The predicted octanol–water partition coefficient (Wildman–Crippen LogP) is 5.35. The average Bonchev–Trinajstić information content (AvgIpc) is 2.89. The Kier molecular flexibility index (Phi) is 8.45. The molecule has 3 aromatic rings. The number of piperidine rings is 1. The number of likely N-dealkylation sites (tertiary alicyclic amines) is 1. The lowest BCUT2D eigenvalue weighted by Gasteiger charge is -2.32. The van der Waals surface area contributed by atoms with Gasteiger partial charge in [0.25, 0.3) is 0 Å². The van der Waals surface area contributed by atoms with E-state index >= 15 is 0 Å². The van der Waals surface area contributed by atoms with E-state index in [9.17, 15) is 4.79 Å². The number of halogens is 1. The number of ether oxygens (including phenoxy) is 2. The molecule has 1 amide bonds. The molecule has 0 bridgehead atoms. The van der Waals surface area contributed by atoms with E-state index < -0.39 is 0 Å². The van der Waals surface area contributed by atoms with Crippen molar-refractivity contribution in [3.05, 3.63) is 95.0 Å². The molecule has 1 fully saturated rings. The lowest BCUT2D eigenvalue weighted by Crippen LogP contribution is -2.42. The summed E-state index contributed by atoms with van der Waals surface area (Å²) in [5, 5.41) is 3.96. The Hall–Kier alpha value is -3.02. The van der Waals surface area contributed by atoms with Crippen molar-refractivity contribution in [2.24, 2.45) is 5.92 Å². The van der Waals surface area contributed by atoms with Gasteiger partial charge in [-0.25, -0.2) is 0 Å². The third-order valence-corrected chi connectivity index (χ3v) is 6.57. The molecule has 1 heterocycles. The first-order valence-electron chi connectivity index (χ1n) is 11.7. The van der Waals surface area contributed by atoms with Crippen LogP contribution in [0.2, 0.25) is 5.02 Å². The van der Waals surface area contributed by atoms with Crippen LogP contribution in [0.25, 0.3) is 0 Å². The SMILES string of the molecule is COc1ccc([C@H](NC(=O)C2CCN(CCOc3ccccc3)CC2)c2ccc(Cl)cc2)cc1. The minimum atomic E-state index is -0.243. The lowest BCUT2D eigenvalue weighted by molar-refractivity contribution is -0.127. The maximum Gasteiger partial charge on any atom is 0.223 e. The first-order chi connectivity index (χ1) is 16.6. The summed E-state index contributed by atoms with van der Waals surface area (Å²) >= 11 is 6.10. The fraction of sp³-hybridized carbons (Fsp3) is 0.321. The van der Waals surface area contributed by atoms with Crippen molar-refractivity contribution in [3.8, 4) is 11.5 Å². The first-order valence-corrected chi connectivity index (χ1v) is 12.1. The van der Waals surface area contributed by atoms with Gasteiger partial charge in [0.1, 0.15) is 18.1 Å². The highest BCUT2D eigenvalue weighted by atomic mass is 35.5. The Morgan fingerprint density at radius 1 is 0.941 bits per heavy atom. The molecule has 0 radical (unpaired) electrons. The highest BCUT2D eigenvalue weighted by Gasteiger charge is 2.27. The van der Waals surface area contributed by atoms with E-state index in [1.807, 2.05) is 78.9 Å². The third-order valence-electron chi connectivity index (χ3n) is 6.32. The van der Waals surface area contributed by atoms with E-state index in [1.54, 1.807) is 7.11 Å². The van der Waals surface area contributed by atoms with Crippen LogP contribution in [-0.2, 0) is 4.79 Å². The van der Waals surface area contributed by atoms with Crippen molar-refractivity contribution >= 4 is 17.5 Å². The molecule has 178 valence electrons. The first kappa shape index (κ1) is 24.1. The molecule has 34 heavy (non-hydrogen) atoms. The molecule has 1 saturated heterocycles. The van der Waals surface area contributed by atoms with Gasteiger partial charge in [0.15, 0.2) is 0 Å². The van der Waals surface area contributed by atoms with Crippen molar-refractivity contribution in [1.29, 1.82) is 0 Å². The number of amides is 1. The number of methoxy groups -OCH3 is 1. The fourth-order valence-corrected chi connectivity index (χ4v) is 4.42. The van der Waals surface area contributed by atoms with Gasteiger partial charge in [-0.15, -0.1) is 0 Å². The maximum absolute atomic E-state index is 13.2. The Morgan fingerprint density at radius 3 is 2.18 bits per heavy atom. The summed E-state index contributed by atoms with van der Waals surface area (Å²) in [7, 11) is 1.65. The molecular weight excluding hydrogens is 448 g/mol. The second kappa shape index (κ2) is 11.9. The quantitative estimate of drug-likeness (QED) is 0.450. The highest BCUT2D eigenvalue weighted by Crippen LogP contribution is 2.27. The molecule has 3 aromatic carbocycles. The van der Waals surface area contributed by atoms with E-state index in [1.165, 1.54) is 0 Å². The second-order valence-corrected chi connectivity index (χ2v) is 8.98. The summed E-state index contributed by atoms with van der Waals surface area (Å²) in [6.45, 7) is 3.30. The number of para-hydroxylation sites is 1. The minimum Gasteiger partial charge on any atom is -0.497 e. The van der Waals surface area contributed by atoms with Crippen LogP contribution in [0.1, 0.15) is 30.0 Å². The molecule has 0 unspecified atom stereocenters. The molecule has 1 aliphatic heterocycles. The lowest BCUT2D eigenvalue weighted by atomic mass is 9.93. The van der Waals surface area contributed by atoms with Crippen molar-refractivity contribution in [2.75, 3.05) is 33.4 Å². The van der Waals surface area contributed by atoms with Gasteiger partial charge in [0, 0.05) is 17.5 Å². The van der Waals surface area contributed by atoms with Gasteiger partial charge >= 0.3 is 0 Å². The van der Waals surface area contributed by atoms with Crippen molar-refractivity contribution < 1.29 is 14.3 Å². The zero-order valence-corrected chi connectivity index (χ0v) is 20.2. The topological polar surface area (TPSA) is 50.8 Å². The summed E-state index contributed by atoms with van der Waals surface area (Å²) in [6, 6.07) is 25.1. The largest absolute Gasteiger partial charge is 0.497 e. The van der Waals surface area contributed by atoms with E-state index in [0.29, 0.717) is 11.6 Å². The molecule has 0 aromatic heterocycles. The smallest absolute Gasteiger partial charge is 0.223 e. The molecule has 1 N–H and O–H groups in total. The average molecular weight is 479 g/mol. The summed E-state index contributed by atoms with van der Waals surface area (Å²) in [4.78, 5) is 15.6. The third kappa shape index (κ3) is 6.52. The normalized spacial score (nSPS) is 15.5. The van der Waals surface area contributed by atoms with Crippen LogP contribution in [0.4, 0.5) is 0 Å². The maximum atomic E-state index is 13.2. The van der Waals surface area contributed by atoms with E-state index in [4.69, 9.17) is 21.1 Å². The van der Waals surface area contributed by atoms with Gasteiger partial charge in [-0.1, -0.05) is 54.1 Å². The van der Waals surface area contributed by atoms with Crippen LogP contribution in [0, 0.1) is 5.92 Å². The van der Waals surface area contributed by atoms with Gasteiger partial charge in [-0.3, -0.25) is 9.69 Å². The molecule has 1 aliphatic rings. The Bertz CT molecular complexity index is 1030. The van der Waals surface area contributed by atoms with Crippen LogP contribution in [0.15, 0.2) is 78.9 Å². The summed E-state index contributed by atoms with van der Waals surface area (Å²) in [5.74, 6) is 1.77. The number of nitrogens with zero attached hydrogens (tertiary/aromatic N) is 1. The van der Waals surface area contributed by atoms with E-state index in [-0.39, 0.29) is 17.9 Å². The van der Waals surface area contributed by atoms with Gasteiger partial charge in [-0.2, -0.15) is 0 Å². The van der Waals surface area contributed by atoms with E-state index in [2.05, 4.69) is 10.2 Å². The number of rotatable bonds is 9. The molecule has 5 nitrogen and oxygen atoms in total. The Morgan fingerprint density at radius 2 is 1.56 bits per heavy atom. The molecule has 0 saturated carbocycles. The fourth-order valence-electron chi connectivity index (χ4n) is 4.30. The number of nitrogens with one attached hydrogen (secondary N) is 1. The Labute approximate surface area is 206 Å². The zero-order valence-electron chi connectivity index (χ0n) is 19.5. The monoisotopic (exact) mass is 478 g/mol. The zero-order chi connectivity index (χ0) is 23.8. The van der Waals surface area contributed by atoms with E-state index in [0.717, 1.165) is 55.1 Å². The van der Waals surface area contributed by atoms with Crippen LogP contribution >= 0.6 is 11.6 Å². The van der Waals surface area contributed by atoms with Gasteiger partial charge in [-0.05, 0) is 73.5 Å². The molecule has 0 aliphatic carbocycles. The number of hydrogen-bond donors (Lipinski definition) is 1. The minimum absolute atomic E-state index is 0.000611. The number of carbonyl (C=O) groups excluding carboxylic acids is 1. The Balaban J connectivity index is 1.33. The van der Waals surface area contributed by atoms with Crippen LogP contribution < -0.4 is 14.8 Å². The van der Waals surface area contributed by atoms with Gasteiger partial charge < -0.3 is 14.8 Å². The van der Waals surface area contributed by atoms with Crippen LogP contribution in [-0.4, -0.2) is 44.2 Å². The van der Waals surface area contributed by atoms with Crippen LogP contribution in [0.3, 0.4) is 0 Å². The summed E-state index contributed by atoms with van der Waals surface area (Å²) < 4.78 is 11.1. The van der Waals surface area contributed by atoms with Gasteiger partial charge in [0.05, 0.1) is 13.2 Å². The van der Waals surface area contributed by atoms with Crippen LogP contribution in [0.5, 0.6) is 11.5 Å². The van der Waals surface area contributed by atoms with Crippen molar-refractivity contribution in [3.63, 3.8) is 0 Å². The summed E-state index contributed by atoms with van der Waals surface area (Å²) in [5.41, 5.74) is 2.00. The molecule has 1 atom stereocenters. The summed E-state index contributed by atoms with van der Waals surface area (Å²) in [6.07, 6.45) is 1.68. The number of benzene rings is 3. The molecule has 0 spiro atoms. The second-order valence-electron chi connectivity index (χ2n) is 8.54. The molecular formula is C28H31ClN2O3. The molecule has 6 heteroatoms. The highest BCUT2D eigenvalue weighted by molar-refractivity contribution is 6.30.